The normalized spacial score (nSPS) is 10.2. The van der Waals surface area contributed by atoms with Crippen LogP contribution in [0.5, 0.6) is 0 Å². The summed E-state index contributed by atoms with van der Waals surface area (Å²) in [6, 6.07) is 8.69. The first-order chi connectivity index (χ1) is 5.83. The zero-order valence-electron chi connectivity index (χ0n) is 7.09. The molecule has 0 saturated heterocycles. The highest BCUT2D eigenvalue weighted by Crippen LogP contribution is 2.08. The quantitative estimate of drug-likeness (QED) is 0.663. The molecule has 0 fully saturated rings. The smallest absolute Gasteiger partial charge is 0.0130 e. The number of hydrogen-bond acceptors (Lipinski definition) is 1. The lowest BCUT2D eigenvalue weighted by Crippen LogP contribution is -1.98. The molecule has 0 radical (unpaired) electrons. The Hall–Kier alpha value is -0.0900. The van der Waals surface area contributed by atoms with Gasteiger partial charge in [0.2, 0.25) is 0 Å². The minimum atomic E-state index is 0.810. The molecular weight excluding hydrogens is 261 g/mol. The topological polar surface area (TPSA) is 26.0 Å². The molecule has 0 aromatic heterocycles. The van der Waals surface area contributed by atoms with Gasteiger partial charge in [0.05, 0.1) is 0 Å². The maximum absolute atomic E-state index is 5.42. The van der Waals surface area contributed by atoms with Crippen LogP contribution < -0.4 is 5.73 Å². The number of nitrogens with two attached hydrogens (primary N) is 1. The maximum atomic E-state index is 5.42. The van der Waals surface area contributed by atoms with Crippen molar-refractivity contribution >= 4 is 22.6 Å². The van der Waals surface area contributed by atoms with Crippen LogP contribution >= 0.6 is 22.6 Å². The fraction of sp³-hybridized carbons (Fsp3) is 0.400. The van der Waals surface area contributed by atoms with Crippen molar-refractivity contribution in [3.05, 3.63) is 33.4 Å². The zero-order chi connectivity index (χ0) is 8.81. The summed E-state index contributed by atoms with van der Waals surface area (Å²) in [6.07, 6.45) is 3.50. The maximum Gasteiger partial charge on any atom is 0.0130 e. The van der Waals surface area contributed by atoms with Crippen LogP contribution in [0, 0.1) is 3.57 Å². The molecule has 1 rings (SSSR count). The van der Waals surface area contributed by atoms with E-state index >= 15 is 0 Å². The van der Waals surface area contributed by atoms with E-state index in [-0.39, 0.29) is 0 Å². The summed E-state index contributed by atoms with van der Waals surface area (Å²) in [6.45, 7) is 0.810. The number of aryl methyl sites for hydroxylation is 1. The largest absolute Gasteiger partial charge is 0.330 e. The molecule has 1 aromatic rings. The first-order valence-electron chi connectivity index (χ1n) is 4.27. The predicted molar refractivity (Wildman–Crippen MR) is 61.2 cm³/mol. The van der Waals surface area contributed by atoms with Crippen LogP contribution in [-0.4, -0.2) is 6.54 Å². The summed E-state index contributed by atoms with van der Waals surface area (Å²) in [5.74, 6) is 0. The molecule has 0 spiro atoms. The van der Waals surface area contributed by atoms with Crippen LogP contribution in [-0.2, 0) is 6.42 Å². The van der Waals surface area contributed by atoms with Crippen LogP contribution in [0.3, 0.4) is 0 Å². The molecule has 0 heterocycles. The lowest BCUT2D eigenvalue weighted by Gasteiger charge is -1.99. The van der Waals surface area contributed by atoms with Crippen molar-refractivity contribution < 1.29 is 0 Å². The van der Waals surface area contributed by atoms with E-state index in [9.17, 15) is 0 Å². The Balaban J connectivity index is 2.37. The second-order valence-electron chi connectivity index (χ2n) is 2.87. The summed E-state index contributed by atoms with van der Waals surface area (Å²) in [4.78, 5) is 0. The van der Waals surface area contributed by atoms with E-state index in [0.717, 1.165) is 19.4 Å². The highest BCUT2D eigenvalue weighted by molar-refractivity contribution is 14.1. The van der Waals surface area contributed by atoms with Gasteiger partial charge in [-0.05, 0) is 66.1 Å². The Kier molecular flexibility index (Phi) is 4.61. The first-order valence-corrected chi connectivity index (χ1v) is 5.35. The molecule has 0 aliphatic heterocycles. The summed E-state index contributed by atoms with van der Waals surface area (Å²) in [5.41, 5.74) is 6.84. The molecule has 66 valence electrons. The van der Waals surface area contributed by atoms with E-state index in [2.05, 4.69) is 46.9 Å². The predicted octanol–water partition coefficient (Wildman–Crippen LogP) is 2.57. The highest BCUT2D eigenvalue weighted by Gasteiger charge is 1.92. The van der Waals surface area contributed by atoms with Gasteiger partial charge < -0.3 is 5.73 Å². The number of rotatable bonds is 4. The minimum Gasteiger partial charge on any atom is -0.330 e. The highest BCUT2D eigenvalue weighted by atomic mass is 127. The zero-order valence-corrected chi connectivity index (χ0v) is 9.25. The Morgan fingerprint density at radius 2 is 1.75 bits per heavy atom. The van der Waals surface area contributed by atoms with Gasteiger partial charge in [-0.25, -0.2) is 0 Å². The number of halogens is 1. The molecule has 1 nitrogen and oxygen atoms in total. The third-order valence-corrected chi connectivity index (χ3v) is 2.55. The molecule has 0 amide bonds. The lowest BCUT2D eigenvalue weighted by molar-refractivity contribution is 0.745. The van der Waals surface area contributed by atoms with Gasteiger partial charge in [0.15, 0.2) is 0 Å². The van der Waals surface area contributed by atoms with Crippen molar-refractivity contribution in [2.45, 2.75) is 19.3 Å². The van der Waals surface area contributed by atoms with Crippen molar-refractivity contribution in [2.75, 3.05) is 6.54 Å². The van der Waals surface area contributed by atoms with Crippen molar-refractivity contribution in [3.63, 3.8) is 0 Å². The third-order valence-electron chi connectivity index (χ3n) is 1.83. The van der Waals surface area contributed by atoms with Crippen LogP contribution in [0.15, 0.2) is 24.3 Å². The number of benzene rings is 1. The van der Waals surface area contributed by atoms with Crippen molar-refractivity contribution in [2.24, 2.45) is 5.73 Å². The summed E-state index contributed by atoms with van der Waals surface area (Å²) >= 11 is 2.32. The fourth-order valence-corrected chi connectivity index (χ4v) is 1.48. The van der Waals surface area contributed by atoms with Gasteiger partial charge in [0.1, 0.15) is 0 Å². The lowest BCUT2D eigenvalue weighted by atomic mass is 10.1. The van der Waals surface area contributed by atoms with Gasteiger partial charge in [-0.3, -0.25) is 0 Å². The molecule has 2 N–H and O–H groups in total. The molecule has 2 heteroatoms. The Labute approximate surface area is 87.5 Å². The number of unbranched alkanes of at least 4 members (excludes halogenated alkanes) is 1. The Morgan fingerprint density at radius 1 is 1.08 bits per heavy atom. The average Bonchev–Trinajstić information content (AvgIpc) is 2.09. The Bertz CT molecular complexity index is 218. The summed E-state index contributed by atoms with van der Waals surface area (Å²) in [5, 5.41) is 0. The monoisotopic (exact) mass is 275 g/mol. The van der Waals surface area contributed by atoms with Gasteiger partial charge in [-0.15, -0.1) is 0 Å². The Morgan fingerprint density at radius 3 is 2.33 bits per heavy atom. The van der Waals surface area contributed by atoms with Crippen LogP contribution in [0.1, 0.15) is 18.4 Å². The standard InChI is InChI=1S/C10H14IN/c11-10-6-4-9(5-7-10)3-1-2-8-12/h4-7H,1-3,8,12H2. The second kappa shape index (κ2) is 5.54. The van der Waals surface area contributed by atoms with Gasteiger partial charge in [-0.1, -0.05) is 12.1 Å². The van der Waals surface area contributed by atoms with Crippen molar-refractivity contribution in [3.8, 4) is 0 Å². The van der Waals surface area contributed by atoms with Gasteiger partial charge in [0, 0.05) is 3.57 Å². The molecule has 0 bridgehead atoms. The fourth-order valence-electron chi connectivity index (χ4n) is 1.12. The number of hydrogen-bond donors (Lipinski definition) is 1. The third kappa shape index (κ3) is 3.54. The van der Waals surface area contributed by atoms with E-state index in [1.807, 2.05) is 0 Å². The van der Waals surface area contributed by atoms with Crippen molar-refractivity contribution in [1.82, 2.24) is 0 Å². The summed E-state index contributed by atoms with van der Waals surface area (Å²) < 4.78 is 1.30. The van der Waals surface area contributed by atoms with Crippen LogP contribution in [0.4, 0.5) is 0 Å². The SMILES string of the molecule is NCCCCc1ccc(I)cc1. The molecule has 0 saturated carbocycles. The van der Waals surface area contributed by atoms with E-state index < -0.39 is 0 Å². The molecule has 1 aromatic carbocycles. The van der Waals surface area contributed by atoms with Gasteiger partial charge in [0.25, 0.3) is 0 Å². The molecule has 0 aliphatic carbocycles. The second-order valence-corrected chi connectivity index (χ2v) is 4.12. The molecule has 0 atom stereocenters. The summed E-state index contributed by atoms with van der Waals surface area (Å²) in [7, 11) is 0. The molecule has 0 unspecified atom stereocenters. The van der Waals surface area contributed by atoms with Crippen LogP contribution in [0.2, 0.25) is 0 Å². The van der Waals surface area contributed by atoms with Gasteiger partial charge >= 0.3 is 0 Å². The molecule has 12 heavy (non-hydrogen) atoms. The molecular formula is C10H14IN. The minimum absolute atomic E-state index is 0.810. The van der Waals surface area contributed by atoms with Crippen molar-refractivity contribution in [1.29, 1.82) is 0 Å². The van der Waals surface area contributed by atoms with E-state index in [1.54, 1.807) is 0 Å². The van der Waals surface area contributed by atoms with Crippen LogP contribution in [0.25, 0.3) is 0 Å². The van der Waals surface area contributed by atoms with E-state index in [0.29, 0.717) is 0 Å². The van der Waals surface area contributed by atoms with E-state index in [1.165, 1.54) is 15.6 Å². The first kappa shape index (κ1) is 9.99. The average molecular weight is 275 g/mol. The molecule has 0 aliphatic rings. The van der Waals surface area contributed by atoms with Gasteiger partial charge in [-0.2, -0.15) is 0 Å². The van der Waals surface area contributed by atoms with E-state index in [4.69, 9.17) is 5.73 Å².